The largest absolute Gasteiger partial charge is 0.420 e. The molecule has 0 aliphatic heterocycles. The number of hydrogen-bond donors (Lipinski definition) is 0. The van der Waals surface area contributed by atoms with Gasteiger partial charge in [-0.15, -0.1) is 6.58 Å². The number of allylic oxidation sites excluding steroid dienone is 1. The maximum Gasteiger partial charge on any atom is 0.346 e. The van der Waals surface area contributed by atoms with Crippen molar-refractivity contribution in [3.05, 3.63) is 100 Å². The van der Waals surface area contributed by atoms with Gasteiger partial charge in [-0.25, -0.2) is 18.0 Å². The van der Waals surface area contributed by atoms with E-state index < -0.39 is 68.8 Å². The molecule has 0 saturated carbocycles. The smallest absolute Gasteiger partial charge is 0.346 e. The molecule has 0 bridgehead atoms. The van der Waals surface area contributed by atoms with E-state index in [2.05, 4.69) is 6.58 Å². The van der Waals surface area contributed by atoms with Crippen LogP contribution in [0.3, 0.4) is 0 Å². The zero-order valence-corrected chi connectivity index (χ0v) is 19.6. The number of aryl methyl sites for hydroxylation is 2. The van der Waals surface area contributed by atoms with Crippen LogP contribution in [0.25, 0.3) is 11.1 Å². The van der Waals surface area contributed by atoms with Crippen LogP contribution in [0.4, 0.5) is 30.7 Å². The van der Waals surface area contributed by atoms with Crippen LogP contribution in [-0.4, -0.2) is 5.97 Å². The zero-order chi connectivity index (χ0) is 27.1. The SMILES string of the molecule is C=CCCc1ccc(OC(=O)c2ccc3c(c2F)C(F)(F)C(F)(F)c2c-3ccc(CCC)c2F)c(F)c1. The number of ether oxygens (including phenoxy) is 1. The lowest BCUT2D eigenvalue weighted by Crippen LogP contribution is -2.41. The van der Waals surface area contributed by atoms with Gasteiger partial charge in [0.25, 0.3) is 0 Å². The number of hydrogen-bond acceptors (Lipinski definition) is 2. The average molecular weight is 522 g/mol. The molecule has 3 aromatic carbocycles. The van der Waals surface area contributed by atoms with Crippen molar-refractivity contribution in [1.29, 1.82) is 0 Å². The first-order chi connectivity index (χ1) is 17.4. The summed E-state index contributed by atoms with van der Waals surface area (Å²) in [7, 11) is 0. The van der Waals surface area contributed by atoms with Gasteiger partial charge in [-0.3, -0.25) is 0 Å². The predicted octanol–water partition coefficient (Wildman–Crippen LogP) is 8.26. The summed E-state index contributed by atoms with van der Waals surface area (Å²) >= 11 is 0. The van der Waals surface area contributed by atoms with Gasteiger partial charge < -0.3 is 4.74 Å². The van der Waals surface area contributed by atoms with Crippen molar-refractivity contribution in [2.45, 2.75) is 44.5 Å². The van der Waals surface area contributed by atoms with E-state index in [0.29, 0.717) is 24.8 Å². The topological polar surface area (TPSA) is 26.3 Å². The average Bonchev–Trinajstić information content (AvgIpc) is 2.84. The van der Waals surface area contributed by atoms with E-state index in [4.69, 9.17) is 4.74 Å². The lowest BCUT2D eigenvalue weighted by molar-refractivity contribution is -0.227. The molecule has 0 heterocycles. The zero-order valence-electron chi connectivity index (χ0n) is 19.6. The fourth-order valence-corrected chi connectivity index (χ4v) is 4.40. The highest BCUT2D eigenvalue weighted by atomic mass is 19.3. The van der Waals surface area contributed by atoms with Crippen LogP contribution in [0.5, 0.6) is 5.75 Å². The molecule has 4 rings (SSSR count). The molecule has 0 amide bonds. The van der Waals surface area contributed by atoms with Crippen molar-refractivity contribution in [3.8, 4) is 16.9 Å². The van der Waals surface area contributed by atoms with E-state index in [1.165, 1.54) is 12.1 Å². The van der Waals surface area contributed by atoms with Crippen LogP contribution in [0.15, 0.2) is 55.1 Å². The molecule has 0 saturated heterocycles. The lowest BCUT2D eigenvalue weighted by atomic mass is 9.78. The monoisotopic (exact) mass is 522 g/mol. The summed E-state index contributed by atoms with van der Waals surface area (Å²) in [5, 5.41) is 0. The van der Waals surface area contributed by atoms with Crippen LogP contribution in [0, 0.1) is 17.5 Å². The Bertz CT molecular complexity index is 1400. The summed E-state index contributed by atoms with van der Waals surface area (Å²) in [6.45, 7) is 5.22. The van der Waals surface area contributed by atoms with Gasteiger partial charge in [0.2, 0.25) is 0 Å². The molecule has 0 N–H and O–H groups in total. The standard InChI is InChI=1S/C28H21F7O2/c1-3-5-7-15-8-13-21(20(29)14-15)37-26(36)19-12-11-18-17-10-9-16(6-4-2)24(30)22(17)27(32,33)28(34,35)23(18)25(19)31/h3,8-14H,1,4-7H2,2H3. The molecule has 0 spiro atoms. The first kappa shape index (κ1) is 26.4. The number of esters is 1. The Hall–Kier alpha value is -3.62. The van der Waals surface area contributed by atoms with Gasteiger partial charge >= 0.3 is 17.8 Å². The Labute approximate surface area is 208 Å². The van der Waals surface area contributed by atoms with Crippen LogP contribution in [-0.2, 0) is 24.7 Å². The maximum absolute atomic E-state index is 15.3. The quantitative estimate of drug-likeness (QED) is 0.135. The summed E-state index contributed by atoms with van der Waals surface area (Å²) in [6, 6.07) is 7.44. The van der Waals surface area contributed by atoms with E-state index in [1.54, 1.807) is 13.0 Å². The van der Waals surface area contributed by atoms with Crippen molar-refractivity contribution >= 4 is 5.97 Å². The van der Waals surface area contributed by atoms with Crippen LogP contribution in [0.1, 0.15) is 52.4 Å². The summed E-state index contributed by atoms with van der Waals surface area (Å²) in [4.78, 5) is 12.6. The molecule has 3 aromatic rings. The lowest BCUT2D eigenvalue weighted by Gasteiger charge is -2.35. The Morgan fingerprint density at radius 2 is 1.51 bits per heavy atom. The van der Waals surface area contributed by atoms with Gasteiger partial charge in [0.05, 0.1) is 16.7 Å². The molecule has 0 aromatic heterocycles. The number of carbonyl (C=O) groups excluding carboxylic acids is 1. The second-order valence-corrected chi connectivity index (χ2v) is 8.69. The number of carbonyl (C=O) groups is 1. The Morgan fingerprint density at radius 1 is 0.892 bits per heavy atom. The highest BCUT2D eigenvalue weighted by molar-refractivity contribution is 5.93. The Balaban J connectivity index is 1.78. The number of halogens is 7. The number of fused-ring (bicyclic) bond motifs is 3. The molecule has 1 aliphatic carbocycles. The minimum absolute atomic E-state index is 0.0402. The first-order valence-corrected chi connectivity index (χ1v) is 11.5. The van der Waals surface area contributed by atoms with E-state index in [1.807, 2.05) is 0 Å². The molecule has 194 valence electrons. The Morgan fingerprint density at radius 3 is 2.11 bits per heavy atom. The molecular weight excluding hydrogens is 501 g/mol. The number of benzene rings is 3. The molecule has 0 fully saturated rings. The van der Waals surface area contributed by atoms with Crippen LogP contribution in [0.2, 0.25) is 0 Å². The van der Waals surface area contributed by atoms with E-state index in [-0.39, 0.29) is 12.0 Å². The molecular formula is C28H21F7O2. The van der Waals surface area contributed by atoms with E-state index >= 15 is 22.0 Å². The molecule has 2 nitrogen and oxygen atoms in total. The molecule has 0 unspecified atom stereocenters. The number of alkyl halides is 4. The van der Waals surface area contributed by atoms with E-state index in [0.717, 1.165) is 30.3 Å². The maximum atomic E-state index is 15.3. The second-order valence-electron chi connectivity index (χ2n) is 8.69. The molecule has 0 radical (unpaired) electrons. The van der Waals surface area contributed by atoms with Crippen molar-refractivity contribution in [3.63, 3.8) is 0 Å². The summed E-state index contributed by atoms with van der Waals surface area (Å²) < 4.78 is 110. The van der Waals surface area contributed by atoms with Gasteiger partial charge in [0.15, 0.2) is 11.6 Å². The molecule has 1 aliphatic rings. The third-order valence-electron chi connectivity index (χ3n) is 6.25. The van der Waals surface area contributed by atoms with Crippen LogP contribution >= 0.6 is 0 Å². The first-order valence-electron chi connectivity index (χ1n) is 11.5. The van der Waals surface area contributed by atoms with Crippen molar-refractivity contribution in [2.24, 2.45) is 0 Å². The highest BCUT2D eigenvalue weighted by Gasteiger charge is 2.65. The summed E-state index contributed by atoms with van der Waals surface area (Å²) in [5.41, 5.74) is -5.28. The summed E-state index contributed by atoms with van der Waals surface area (Å²) in [6.07, 6.45) is 3.07. The minimum Gasteiger partial charge on any atom is -0.420 e. The van der Waals surface area contributed by atoms with Gasteiger partial charge in [-0.1, -0.05) is 43.7 Å². The van der Waals surface area contributed by atoms with Gasteiger partial charge in [0.1, 0.15) is 11.6 Å². The predicted molar refractivity (Wildman–Crippen MR) is 123 cm³/mol. The van der Waals surface area contributed by atoms with Crippen LogP contribution < -0.4 is 4.74 Å². The molecule has 9 heteroatoms. The van der Waals surface area contributed by atoms with E-state index in [9.17, 15) is 13.6 Å². The van der Waals surface area contributed by atoms with Gasteiger partial charge in [-0.05, 0) is 59.7 Å². The summed E-state index contributed by atoms with van der Waals surface area (Å²) in [5.74, 6) is -16.9. The molecule has 0 atom stereocenters. The Kier molecular flexibility index (Phi) is 6.92. The van der Waals surface area contributed by atoms with Crippen molar-refractivity contribution in [1.82, 2.24) is 0 Å². The van der Waals surface area contributed by atoms with Gasteiger partial charge in [-0.2, -0.15) is 17.6 Å². The van der Waals surface area contributed by atoms with Crippen molar-refractivity contribution in [2.75, 3.05) is 0 Å². The van der Waals surface area contributed by atoms with Gasteiger partial charge in [0, 0.05) is 0 Å². The van der Waals surface area contributed by atoms with Crippen molar-refractivity contribution < 1.29 is 40.3 Å². The fraction of sp³-hybridized carbons (Fsp3) is 0.250. The second kappa shape index (κ2) is 9.68. The highest BCUT2D eigenvalue weighted by Crippen LogP contribution is 2.59. The normalized spacial score (nSPS) is 15.0. The third kappa shape index (κ3) is 4.30. The number of rotatable bonds is 7. The third-order valence-corrected chi connectivity index (χ3v) is 6.25. The fourth-order valence-electron chi connectivity index (χ4n) is 4.40. The molecule has 37 heavy (non-hydrogen) atoms. The minimum atomic E-state index is -5.20.